The van der Waals surface area contributed by atoms with E-state index in [0.29, 0.717) is 5.92 Å². The molecule has 0 radical (unpaired) electrons. The lowest BCUT2D eigenvalue weighted by Crippen LogP contribution is -2.08. The maximum Gasteiger partial charge on any atom is 0.00623 e. The Kier molecular flexibility index (Phi) is 4.28. The van der Waals surface area contributed by atoms with Gasteiger partial charge < -0.3 is 0 Å². The molecule has 0 aliphatic heterocycles. The fourth-order valence-corrected chi connectivity index (χ4v) is 6.81. The number of allylic oxidation sites excluding steroid dienone is 2. The Morgan fingerprint density at radius 2 is 1.08 bits per heavy atom. The standard InChI is InChI=1S/C36H26/c1-3-13-29-25(9-1)27-11-5-7-15-31(27)35-21-23(17-19-33(29)35)24-18-20-34-30-14-4-2-10-26(30)28-12-6-8-16-32(28)36(34)22-24/h1-7,9-15,17-20,22-23H,8,16,21H2. The summed E-state index contributed by atoms with van der Waals surface area (Å²) in [5.41, 5.74) is 7.25. The van der Waals surface area contributed by atoms with E-state index in [-0.39, 0.29) is 0 Å². The number of rotatable bonds is 1. The molecule has 8 rings (SSSR count). The van der Waals surface area contributed by atoms with Crippen molar-refractivity contribution >= 4 is 55.2 Å². The topological polar surface area (TPSA) is 0 Å². The van der Waals surface area contributed by atoms with Crippen molar-refractivity contribution in [3.63, 3.8) is 0 Å². The molecule has 0 bridgehead atoms. The lowest BCUT2D eigenvalue weighted by Gasteiger charge is -2.25. The summed E-state index contributed by atoms with van der Waals surface area (Å²) < 4.78 is 0. The van der Waals surface area contributed by atoms with Gasteiger partial charge in [0.15, 0.2) is 0 Å². The summed E-state index contributed by atoms with van der Waals surface area (Å²) in [6.45, 7) is 0. The molecule has 0 saturated heterocycles. The van der Waals surface area contributed by atoms with Crippen LogP contribution in [0.4, 0.5) is 0 Å². The summed E-state index contributed by atoms with van der Waals surface area (Å²) in [4.78, 5) is 0. The van der Waals surface area contributed by atoms with Gasteiger partial charge in [0, 0.05) is 5.92 Å². The summed E-state index contributed by atoms with van der Waals surface area (Å²) in [7, 11) is 0. The van der Waals surface area contributed by atoms with Crippen LogP contribution in [0.2, 0.25) is 0 Å². The number of aryl methyl sites for hydroxylation is 1. The van der Waals surface area contributed by atoms with Crippen LogP contribution in [-0.4, -0.2) is 0 Å². The van der Waals surface area contributed by atoms with Crippen LogP contribution in [0, 0.1) is 0 Å². The molecule has 0 heteroatoms. The molecule has 6 aromatic carbocycles. The first-order chi connectivity index (χ1) is 17.9. The van der Waals surface area contributed by atoms with Crippen LogP contribution in [0.25, 0.3) is 55.2 Å². The van der Waals surface area contributed by atoms with Gasteiger partial charge in [-0.2, -0.15) is 0 Å². The van der Waals surface area contributed by atoms with Gasteiger partial charge in [-0.25, -0.2) is 0 Å². The average Bonchev–Trinajstić information content (AvgIpc) is 2.97. The van der Waals surface area contributed by atoms with Gasteiger partial charge in [0.1, 0.15) is 0 Å². The van der Waals surface area contributed by atoms with E-state index in [4.69, 9.17) is 0 Å². The molecule has 0 saturated carbocycles. The van der Waals surface area contributed by atoms with Gasteiger partial charge >= 0.3 is 0 Å². The predicted molar refractivity (Wildman–Crippen MR) is 156 cm³/mol. The van der Waals surface area contributed by atoms with Crippen LogP contribution in [0.15, 0.2) is 103 Å². The Hall–Kier alpha value is -4.16. The highest BCUT2D eigenvalue weighted by atomic mass is 14.3. The molecule has 0 N–H and O–H groups in total. The highest BCUT2D eigenvalue weighted by Gasteiger charge is 2.22. The predicted octanol–water partition coefficient (Wildman–Crippen LogP) is 9.61. The van der Waals surface area contributed by atoms with Crippen LogP contribution in [0.3, 0.4) is 0 Å². The van der Waals surface area contributed by atoms with Crippen LogP contribution in [0.1, 0.15) is 40.2 Å². The summed E-state index contributed by atoms with van der Waals surface area (Å²) in [5.74, 6) is 0.382. The SMILES string of the molecule is C1=Cc2c(c3cc(C4C=Cc5c(c6ccccc6c6ccccc56)C4)ccc3c3ccccc23)CC1. The molecule has 0 aromatic heterocycles. The first-order valence-electron chi connectivity index (χ1n) is 13.1. The summed E-state index contributed by atoms with van der Waals surface area (Å²) in [5, 5.41) is 11.1. The van der Waals surface area contributed by atoms with Crippen molar-refractivity contribution in [1.82, 2.24) is 0 Å². The van der Waals surface area contributed by atoms with E-state index in [2.05, 4.69) is 115 Å². The monoisotopic (exact) mass is 458 g/mol. The van der Waals surface area contributed by atoms with Crippen molar-refractivity contribution in [3.8, 4) is 0 Å². The Labute approximate surface area is 211 Å². The third-order valence-corrected chi connectivity index (χ3v) is 8.48. The summed E-state index contributed by atoms with van der Waals surface area (Å²) >= 11 is 0. The molecule has 0 amide bonds. The molecule has 0 spiro atoms. The second-order valence-corrected chi connectivity index (χ2v) is 10.3. The summed E-state index contributed by atoms with van der Waals surface area (Å²) in [6.07, 6.45) is 12.8. The van der Waals surface area contributed by atoms with Crippen molar-refractivity contribution in [2.75, 3.05) is 0 Å². The molecule has 0 heterocycles. The minimum Gasteiger partial charge on any atom is -0.0836 e. The molecule has 6 aromatic rings. The zero-order chi connectivity index (χ0) is 23.6. The minimum absolute atomic E-state index is 0.382. The van der Waals surface area contributed by atoms with E-state index in [1.165, 1.54) is 70.9 Å². The number of benzene rings is 6. The summed E-state index contributed by atoms with van der Waals surface area (Å²) in [6, 6.07) is 34.0. The molecule has 36 heavy (non-hydrogen) atoms. The number of hydrogen-bond acceptors (Lipinski definition) is 0. The molecule has 1 atom stereocenters. The van der Waals surface area contributed by atoms with Crippen molar-refractivity contribution in [2.45, 2.75) is 25.2 Å². The second kappa shape index (κ2) is 7.67. The largest absolute Gasteiger partial charge is 0.0836 e. The van der Waals surface area contributed by atoms with Gasteiger partial charge in [0.2, 0.25) is 0 Å². The molecule has 0 nitrogen and oxygen atoms in total. The molecule has 2 aliphatic carbocycles. The van der Waals surface area contributed by atoms with E-state index in [9.17, 15) is 0 Å². The van der Waals surface area contributed by atoms with E-state index >= 15 is 0 Å². The van der Waals surface area contributed by atoms with E-state index in [1.807, 2.05) is 0 Å². The number of hydrogen-bond donors (Lipinski definition) is 0. The molecule has 0 fully saturated rings. The quantitative estimate of drug-likeness (QED) is 0.215. The van der Waals surface area contributed by atoms with Gasteiger partial charge in [0.05, 0.1) is 0 Å². The van der Waals surface area contributed by atoms with Crippen LogP contribution in [0.5, 0.6) is 0 Å². The highest BCUT2D eigenvalue weighted by Crippen LogP contribution is 2.42. The van der Waals surface area contributed by atoms with Crippen molar-refractivity contribution in [3.05, 3.63) is 131 Å². The lowest BCUT2D eigenvalue weighted by atomic mass is 9.79. The first-order valence-corrected chi connectivity index (χ1v) is 13.1. The maximum absolute atomic E-state index is 2.50. The Balaban J connectivity index is 1.33. The molecule has 1 unspecified atom stereocenters. The zero-order valence-electron chi connectivity index (χ0n) is 20.2. The Morgan fingerprint density at radius 3 is 1.81 bits per heavy atom. The fraction of sp³-hybridized carbons (Fsp3) is 0.111. The van der Waals surface area contributed by atoms with Gasteiger partial charge in [-0.1, -0.05) is 115 Å². The van der Waals surface area contributed by atoms with Gasteiger partial charge in [-0.05, 0) is 90.2 Å². The smallest absolute Gasteiger partial charge is 0.00623 e. The molecular weight excluding hydrogens is 432 g/mol. The molecular formula is C36H26. The van der Waals surface area contributed by atoms with Crippen LogP contribution >= 0.6 is 0 Å². The highest BCUT2D eigenvalue weighted by molar-refractivity contribution is 6.14. The average molecular weight is 459 g/mol. The fourth-order valence-electron chi connectivity index (χ4n) is 6.81. The third kappa shape index (κ3) is 2.82. The second-order valence-electron chi connectivity index (χ2n) is 10.3. The first kappa shape index (κ1) is 20.1. The molecule has 170 valence electrons. The number of fused-ring (bicyclic) bond motifs is 12. The minimum atomic E-state index is 0.382. The van der Waals surface area contributed by atoms with Crippen LogP contribution in [-0.2, 0) is 12.8 Å². The lowest BCUT2D eigenvalue weighted by molar-refractivity contribution is 0.835. The Morgan fingerprint density at radius 1 is 0.500 bits per heavy atom. The van der Waals surface area contributed by atoms with E-state index in [0.717, 1.165) is 19.3 Å². The third-order valence-electron chi connectivity index (χ3n) is 8.48. The van der Waals surface area contributed by atoms with Gasteiger partial charge in [0.25, 0.3) is 0 Å². The van der Waals surface area contributed by atoms with Crippen molar-refractivity contribution in [1.29, 1.82) is 0 Å². The van der Waals surface area contributed by atoms with Crippen molar-refractivity contribution in [2.24, 2.45) is 0 Å². The van der Waals surface area contributed by atoms with Crippen molar-refractivity contribution < 1.29 is 0 Å². The van der Waals surface area contributed by atoms with E-state index in [1.54, 1.807) is 0 Å². The van der Waals surface area contributed by atoms with Crippen LogP contribution < -0.4 is 0 Å². The van der Waals surface area contributed by atoms with Gasteiger partial charge in [-0.15, -0.1) is 0 Å². The Bertz CT molecular complexity index is 1910. The maximum atomic E-state index is 2.50. The normalized spacial score (nSPS) is 16.6. The van der Waals surface area contributed by atoms with Gasteiger partial charge in [-0.3, -0.25) is 0 Å². The zero-order valence-corrected chi connectivity index (χ0v) is 20.2. The molecule has 2 aliphatic rings. The van der Waals surface area contributed by atoms with E-state index < -0.39 is 0 Å².